The molecule has 0 aliphatic carbocycles. The van der Waals surface area contributed by atoms with Gasteiger partial charge in [-0.15, -0.1) is 0 Å². The first-order valence-electron chi connectivity index (χ1n) is 5.21. The maximum absolute atomic E-state index is 13.3. The lowest BCUT2D eigenvalue weighted by atomic mass is 10.3. The first kappa shape index (κ1) is 12.1. The zero-order chi connectivity index (χ0) is 13.4. The predicted molar refractivity (Wildman–Crippen MR) is 71.4 cm³/mol. The van der Waals surface area contributed by atoms with E-state index in [1.165, 1.54) is 12.1 Å². The summed E-state index contributed by atoms with van der Waals surface area (Å²) in [6.07, 6.45) is 1.55. The Morgan fingerprint density at radius 3 is 2.79 bits per heavy atom. The number of fused-ring (bicyclic) bond motifs is 1. The van der Waals surface area contributed by atoms with Crippen LogP contribution in [0.25, 0.3) is 11.0 Å². The standard InChI is InChI=1S/C11H6Cl2FN5/c12-5-1-6(14)3-7(2-5)16-9-8-4-15-19-10(8)18-11(13)17-9/h1-4H,(H2,15,16,17,18,19). The molecule has 1 aromatic carbocycles. The number of halogens is 3. The van der Waals surface area contributed by atoms with Crippen molar-refractivity contribution in [3.63, 3.8) is 0 Å². The van der Waals surface area contributed by atoms with Crippen LogP contribution in [0.15, 0.2) is 24.4 Å². The largest absolute Gasteiger partial charge is 0.339 e. The second kappa shape index (κ2) is 4.64. The second-order valence-corrected chi connectivity index (χ2v) is 4.53. The molecular formula is C11H6Cl2FN5. The van der Waals surface area contributed by atoms with Gasteiger partial charge in [0.1, 0.15) is 11.6 Å². The molecule has 3 rings (SSSR count). The average Bonchev–Trinajstić information content (AvgIpc) is 2.75. The van der Waals surface area contributed by atoms with E-state index in [0.29, 0.717) is 22.5 Å². The van der Waals surface area contributed by atoms with Crippen LogP contribution in [0.5, 0.6) is 0 Å². The fraction of sp³-hybridized carbons (Fsp3) is 0. The Balaban J connectivity index is 2.07. The van der Waals surface area contributed by atoms with Crippen molar-refractivity contribution in [3.05, 3.63) is 40.5 Å². The highest BCUT2D eigenvalue weighted by Gasteiger charge is 2.09. The van der Waals surface area contributed by atoms with Gasteiger partial charge in [-0.3, -0.25) is 5.10 Å². The van der Waals surface area contributed by atoms with Gasteiger partial charge in [-0.25, -0.2) is 4.39 Å². The Morgan fingerprint density at radius 1 is 1.16 bits per heavy atom. The molecule has 0 amide bonds. The summed E-state index contributed by atoms with van der Waals surface area (Å²) in [5.74, 6) is -0.0241. The monoisotopic (exact) mass is 297 g/mol. The minimum atomic E-state index is -0.446. The van der Waals surface area contributed by atoms with Gasteiger partial charge in [-0.2, -0.15) is 15.1 Å². The Hall–Kier alpha value is -1.92. The third-order valence-corrected chi connectivity index (χ3v) is 2.80. The van der Waals surface area contributed by atoms with Crippen molar-refractivity contribution >= 4 is 45.7 Å². The number of nitrogens with one attached hydrogen (secondary N) is 2. The Morgan fingerprint density at radius 2 is 2.00 bits per heavy atom. The number of hydrogen-bond donors (Lipinski definition) is 2. The lowest BCUT2D eigenvalue weighted by Gasteiger charge is -2.07. The molecule has 19 heavy (non-hydrogen) atoms. The van der Waals surface area contributed by atoms with Gasteiger partial charge in [-0.05, 0) is 29.8 Å². The summed E-state index contributed by atoms with van der Waals surface area (Å²) in [5, 5.41) is 10.5. The average molecular weight is 298 g/mol. The van der Waals surface area contributed by atoms with Crippen LogP contribution in [0.4, 0.5) is 15.9 Å². The van der Waals surface area contributed by atoms with E-state index in [9.17, 15) is 4.39 Å². The number of benzene rings is 1. The van der Waals surface area contributed by atoms with E-state index in [4.69, 9.17) is 23.2 Å². The molecule has 2 heterocycles. The lowest BCUT2D eigenvalue weighted by Crippen LogP contribution is -1.97. The molecule has 8 heteroatoms. The number of nitrogens with zero attached hydrogens (tertiary/aromatic N) is 3. The summed E-state index contributed by atoms with van der Waals surface area (Å²) in [6, 6.07) is 4.09. The molecule has 0 atom stereocenters. The molecule has 5 nitrogen and oxygen atoms in total. The van der Waals surface area contributed by atoms with Gasteiger partial charge in [0.05, 0.1) is 11.6 Å². The third-order valence-electron chi connectivity index (χ3n) is 2.41. The van der Waals surface area contributed by atoms with E-state index in [1.807, 2.05) is 0 Å². The van der Waals surface area contributed by atoms with Gasteiger partial charge in [-0.1, -0.05) is 11.6 Å². The van der Waals surface area contributed by atoms with Crippen molar-refractivity contribution in [1.29, 1.82) is 0 Å². The van der Waals surface area contributed by atoms with Gasteiger partial charge in [0.2, 0.25) is 5.28 Å². The smallest absolute Gasteiger partial charge is 0.226 e. The molecule has 96 valence electrons. The molecule has 3 aromatic rings. The van der Waals surface area contributed by atoms with Crippen molar-refractivity contribution in [3.8, 4) is 0 Å². The molecule has 0 saturated carbocycles. The van der Waals surface area contributed by atoms with Gasteiger partial charge >= 0.3 is 0 Å². The summed E-state index contributed by atoms with van der Waals surface area (Å²) in [4.78, 5) is 8.02. The van der Waals surface area contributed by atoms with Crippen LogP contribution < -0.4 is 5.32 Å². The Bertz CT molecular complexity index is 738. The molecular weight excluding hydrogens is 292 g/mol. The maximum atomic E-state index is 13.3. The van der Waals surface area contributed by atoms with E-state index < -0.39 is 5.82 Å². The molecule has 0 radical (unpaired) electrons. The van der Waals surface area contributed by atoms with Crippen LogP contribution in [-0.2, 0) is 0 Å². The maximum Gasteiger partial charge on any atom is 0.226 e. The van der Waals surface area contributed by atoms with Gasteiger partial charge in [0, 0.05) is 10.7 Å². The quantitative estimate of drug-likeness (QED) is 0.710. The van der Waals surface area contributed by atoms with Crippen LogP contribution in [0.2, 0.25) is 10.3 Å². The number of aromatic nitrogens is 4. The van der Waals surface area contributed by atoms with E-state index in [-0.39, 0.29) is 10.3 Å². The normalized spacial score (nSPS) is 10.9. The van der Waals surface area contributed by atoms with Crippen molar-refractivity contribution in [2.75, 3.05) is 5.32 Å². The summed E-state index contributed by atoms with van der Waals surface area (Å²) in [7, 11) is 0. The van der Waals surface area contributed by atoms with E-state index >= 15 is 0 Å². The summed E-state index contributed by atoms with van der Waals surface area (Å²) in [6.45, 7) is 0. The number of H-pyrrole nitrogens is 1. The van der Waals surface area contributed by atoms with Gasteiger partial charge in [0.25, 0.3) is 0 Å². The summed E-state index contributed by atoms with van der Waals surface area (Å²) in [5.41, 5.74) is 0.951. The van der Waals surface area contributed by atoms with Crippen LogP contribution in [0.3, 0.4) is 0 Å². The molecule has 0 spiro atoms. The molecule has 0 aliphatic rings. The zero-order valence-corrected chi connectivity index (χ0v) is 10.8. The Labute approximate surface area is 116 Å². The van der Waals surface area contributed by atoms with Crippen molar-refractivity contribution < 1.29 is 4.39 Å². The fourth-order valence-corrected chi connectivity index (χ4v) is 2.06. The van der Waals surface area contributed by atoms with Crippen LogP contribution in [0, 0.1) is 5.82 Å². The van der Waals surface area contributed by atoms with Crippen molar-refractivity contribution in [2.24, 2.45) is 0 Å². The van der Waals surface area contributed by atoms with Crippen LogP contribution >= 0.6 is 23.2 Å². The van der Waals surface area contributed by atoms with E-state index in [1.54, 1.807) is 12.3 Å². The minimum absolute atomic E-state index is 0.0572. The molecule has 0 aliphatic heterocycles. The van der Waals surface area contributed by atoms with Crippen molar-refractivity contribution in [2.45, 2.75) is 0 Å². The summed E-state index contributed by atoms with van der Waals surface area (Å²) >= 11 is 11.6. The molecule has 2 aromatic heterocycles. The van der Waals surface area contributed by atoms with Crippen LogP contribution in [-0.4, -0.2) is 20.2 Å². The second-order valence-electron chi connectivity index (χ2n) is 3.76. The molecule has 0 unspecified atom stereocenters. The lowest BCUT2D eigenvalue weighted by molar-refractivity contribution is 0.628. The number of hydrogen-bond acceptors (Lipinski definition) is 4. The molecule has 0 saturated heterocycles. The predicted octanol–water partition coefficient (Wildman–Crippen LogP) is 3.54. The first-order chi connectivity index (χ1) is 9.11. The van der Waals surface area contributed by atoms with E-state index in [2.05, 4.69) is 25.5 Å². The Kier molecular flexibility index (Phi) is 2.96. The van der Waals surface area contributed by atoms with Gasteiger partial charge < -0.3 is 5.32 Å². The highest BCUT2D eigenvalue weighted by molar-refractivity contribution is 6.31. The summed E-state index contributed by atoms with van der Waals surface area (Å²) < 4.78 is 13.3. The van der Waals surface area contributed by atoms with Crippen molar-refractivity contribution in [1.82, 2.24) is 20.2 Å². The molecule has 2 N–H and O–H groups in total. The minimum Gasteiger partial charge on any atom is -0.339 e. The highest BCUT2D eigenvalue weighted by Crippen LogP contribution is 2.26. The number of rotatable bonds is 2. The SMILES string of the molecule is Fc1cc(Cl)cc(Nc2nc(Cl)nc3[nH]ncc23)c1. The van der Waals surface area contributed by atoms with E-state index in [0.717, 1.165) is 0 Å². The van der Waals surface area contributed by atoms with Crippen LogP contribution in [0.1, 0.15) is 0 Å². The highest BCUT2D eigenvalue weighted by atomic mass is 35.5. The number of anilines is 2. The fourth-order valence-electron chi connectivity index (χ4n) is 1.67. The van der Waals surface area contributed by atoms with Gasteiger partial charge in [0.15, 0.2) is 5.65 Å². The number of aromatic amines is 1. The topological polar surface area (TPSA) is 66.5 Å². The third kappa shape index (κ3) is 2.45. The zero-order valence-electron chi connectivity index (χ0n) is 9.28. The molecule has 0 bridgehead atoms. The first-order valence-corrected chi connectivity index (χ1v) is 5.97. The molecule has 0 fully saturated rings.